The van der Waals surface area contributed by atoms with Crippen molar-refractivity contribution >= 4 is 46.5 Å². The van der Waals surface area contributed by atoms with E-state index in [1.165, 1.54) is 12.5 Å². The van der Waals surface area contributed by atoms with Crippen LogP contribution in [0.2, 0.25) is 10.0 Å². The average molecular weight is 657 g/mol. The summed E-state index contributed by atoms with van der Waals surface area (Å²) in [5, 5.41) is 4.01. The number of esters is 1. The van der Waals surface area contributed by atoms with Crippen LogP contribution in [0, 0.1) is 50.2 Å². The fourth-order valence-corrected chi connectivity index (χ4v) is 11.9. The molecule has 0 aliphatic heterocycles. The second-order valence-corrected chi connectivity index (χ2v) is 18.1. The molecule has 4 fully saturated rings. The number of carbonyl (C=O) groups is 3. The number of rotatable bonds is 3. The Balaban J connectivity index is 1.34. The standard InChI is InChI=1S/C38H51Cl2NO4/c1-22(42)45-30-12-13-36(6)29(33(30,2)3)11-14-38(8)31(36)28(43)20-24-25-21-35(5,16-15-34(25,4)17-18-37(24,38)7)32(44)41-23-9-10-26(39)27(40)19-23/h9-10,19-20,25,29-31H,11-18,21H2,1-8H3,(H,41,44)/t25-,29-,30+,31-,34-,35+,36-,37+,38-/m1/s1. The lowest BCUT2D eigenvalue weighted by Gasteiger charge is -2.70. The van der Waals surface area contributed by atoms with Crippen molar-refractivity contribution in [1.29, 1.82) is 0 Å². The topological polar surface area (TPSA) is 72.5 Å². The van der Waals surface area contributed by atoms with Gasteiger partial charge in [0.1, 0.15) is 6.10 Å². The predicted octanol–water partition coefficient (Wildman–Crippen LogP) is 9.84. The van der Waals surface area contributed by atoms with Crippen molar-refractivity contribution in [3.8, 4) is 0 Å². The molecule has 0 aromatic heterocycles. The van der Waals surface area contributed by atoms with E-state index in [9.17, 15) is 14.4 Å². The Kier molecular flexibility index (Phi) is 7.77. The van der Waals surface area contributed by atoms with Crippen molar-refractivity contribution in [3.63, 3.8) is 0 Å². The summed E-state index contributed by atoms with van der Waals surface area (Å²) in [6.45, 7) is 17.7. The van der Waals surface area contributed by atoms with Gasteiger partial charge in [0, 0.05) is 29.4 Å². The summed E-state index contributed by atoms with van der Waals surface area (Å²) in [6, 6.07) is 5.21. The van der Waals surface area contributed by atoms with Gasteiger partial charge in [0.15, 0.2) is 5.78 Å². The quantitative estimate of drug-likeness (QED) is 0.329. The van der Waals surface area contributed by atoms with Crippen LogP contribution in [-0.4, -0.2) is 23.8 Å². The van der Waals surface area contributed by atoms with Crippen LogP contribution in [0.25, 0.3) is 0 Å². The van der Waals surface area contributed by atoms with E-state index in [1.54, 1.807) is 18.2 Å². The molecule has 5 aliphatic carbocycles. The number of fused-ring (bicyclic) bond motifs is 7. The van der Waals surface area contributed by atoms with Crippen molar-refractivity contribution in [1.82, 2.24) is 0 Å². The van der Waals surface area contributed by atoms with Crippen molar-refractivity contribution in [2.45, 2.75) is 119 Å². The van der Waals surface area contributed by atoms with Gasteiger partial charge in [0.25, 0.3) is 0 Å². The van der Waals surface area contributed by atoms with Crippen LogP contribution in [-0.2, 0) is 19.1 Å². The molecular formula is C38H51Cl2NO4. The Bertz CT molecular complexity index is 1490. The van der Waals surface area contributed by atoms with Crippen molar-refractivity contribution in [2.24, 2.45) is 50.2 Å². The molecule has 1 N–H and O–H groups in total. The molecule has 0 spiro atoms. The first kappa shape index (κ1) is 33.1. The molecule has 7 heteroatoms. The SMILES string of the molecule is CC(=O)O[C@H]1CC[C@]2(C)[C@H](CC[C@]3(C)[C@@H]2C(=O)C=C2[C@H]4C[C@@](C)(C(=O)Nc5ccc(Cl)c(Cl)c5)CC[C@]4(C)CC[C@@]23C)C1(C)C. The maximum atomic E-state index is 14.7. The van der Waals surface area contributed by atoms with Gasteiger partial charge >= 0.3 is 5.97 Å². The highest BCUT2D eigenvalue weighted by Crippen LogP contribution is 2.75. The van der Waals surface area contributed by atoms with Crippen molar-refractivity contribution in [3.05, 3.63) is 39.9 Å². The molecule has 0 bridgehead atoms. The Morgan fingerprint density at radius 1 is 0.889 bits per heavy atom. The van der Waals surface area contributed by atoms with E-state index in [2.05, 4.69) is 59.9 Å². The van der Waals surface area contributed by atoms with Crippen LogP contribution in [0.1, 0.15) is 113 Å². The molecule has 246 valence electrons. The molecule has 6 rings (SSSR count). The third-order valence-electron chi connectivity index (χ3n) is 14.5. The molecular weight excluding hydrogens is 605 g/mol. The summed E-state index contributed by atoms with van der Waals surface area (Å²) in [5.41, 5.74) is 0.752. The maximum absolute atomic E-state index is 14.7. The number of benzene rings is 1. The molecule has 0 heterocycles. The number of ether oxygens (including phenoxy) is 1. The minimum absolute atomic E-state index is 0.00169. The highest BCUT2D eigenvalue weighted by atomic mass is 35.5. The Labute approximate surface area is 279 Å². The molecule has 9 atom stereocenters. The molecule has 1 amide bonds. The Morgan fingerprint density at radius 2 is 1.58 bits per heavy atom. The van der Waals surface area contributed by atoms with Gasteiger partial charge in [-0.3, -0.25) is 14.4 Å². The minimum atomic E-state index is -0.570. The molecule has 0 saturated heterocycles. The number of hydrogen-bond donors (Lipinski definition) is 1. The van der Waals surface area contributed by atoms with Gasteiger partial charge in [-0.05, 0) is 116 Å². The number of carbonyl (C=O) groups excluding carboxylic acids is 3. The molecule has 1 aromatic rings. The van der Waals surface area contributed by atoms with E-state index in [1.807, 2.05) is 0 Å². The highest BCUT2D eigenvalue weighted by molar-refractivity contribution is 6.42. The summed E-state index contributed by atoms with van der Waals surface area (Å²) in [7, 11) is 0. The number of halogens is 2. The van der Waals surface area contributed by atoms with E-state index < -0.39 is 5.41 Å². The fraction of sp³-hybridized carbons (Fsp3) is 0.711. The zero-order valence-corrected chi connectivity index (χ0v) is 29.9. The Morgan fingerprint density at radius 3 is 2.24 bits per heavy atom. The first-order valence-electron chi connectivity index (χ1n) is 17.0. The third-order valence-corrected chi connectivity index (χ3v) is 15.3. The van der Waals surface area contributed by atoms with Gasteiger partial charge in [0.05, 0.1) is 10.0 Å². The maximum Gasteiger partial charge on any atom is 0.302 e. The lowest BCUT2D eigenvalue weighted by Crippen LogP contribution is -2.66. The summed E-state index contributed by atoms with van der Waals surface area (Å²) in [4.78, 5) is 40.6. The first-order valence-corrected chi connectivity index (χ1v) is 17.8. The zero-order chi connectivity index (χ0) is 33.0. The largest absolute Gasteiger partial charge is 0.462 e. The van der Waals surface area contributed by atoms with Crippen LogP contribution in [0.5, 0.6) is 0 Å². The van der Waals surface area contributed by atoms with Gasteiger partial charge in [0.2, 0.25) is 5.91 Å². The summed E-state index contributed by atoms with van der Waals surface area (Å²) in [6.07, 6.45) is 10.3. The monoisotopic (exact) mass is 655 g/mol. The lowest BCUT2D eigenvalue weighted by atomic mass is 9.33. The van der Waals surface area contributed by atoms with Crippen LogP contribution in [0.3, 0.4) is 0 Å². The fourth-order valence-electron chi connectivity index (χ4n) is 11.6. The van der Waals surface area contributed by atoms with Crippen LogP contribution < -0.4 is 5.32 Å². The second kappa shape index (κ2) is 10.6. The molecule has 0 unspecified atom stereocenters. The molecule has 1 aromatic carbocycles. The Hall–Kier alpha value is -1.85. The molecule has 0 radical (unpaired) electrons. The second-order valence-electron chi connectivity index (χ2n) is 17.3. The van der Waals surface area contributed by atoms with E-state index in [4.69, 9.17) is 27.9 Å². The number of anilines is 1. The van der Waals surface area contributed by atoms with Gasteiger partial charge in [-0.15, -0.1) is 0 Å². The molecule has 4 saturated carbocycles. The molecule has 45 heavy (non-hydrogen) atoms. The average Bonchev–Trinajstić information content (AvgIpc) is 2.94. The summed E-state index contributed by atoms with van der Waals surface area (Å²) < 4.78 is 5.87. The van der Waals surface area contributed by atoms with Crippen LogP contribution >= 0.6 is 23.2 Å². The smallest absolute Gasteiger partial charge is 0.302 e. The zero-order valence-electron chi connectivity index (χ0n) is 28.4. The van der Waals surface area contributed by atoms with Gasteiger partial charge in [-0.1, -0.05) is 77.2 Å². The van der Waals surface area contributed by atoms with E-state index in [0.717, 1.165) is 57.8 Å². The molecule has 5 aliphatic rings. The predicted molar refractivity (Wildman–Crippen MR) is 180 cm³/mol. The van der Waals surface area contributed by atoms with E-state index in [0.29, 0.717) is 21.7 Å². The van der Waals surface area contributed by atoms with Crippen LogP contribution in [0.4, 0.5) is 5.69 Å². The van der Waals surface area contributed by atoms with E-state index >= 15 is 0 Å². The van der Waals surface area contributed by atoms with Gasteiger partial charge < -0.3 is 10.1 Å². The summed E-state index contributed by atoms with van der Waals surface area (Å²) in [5.74, 6) is 0.435. The van der Waals surface area contributed by atoms with Crippen LogP contribution in [0.15, 0.2) is 29.8 Å². The lowest BCUT2D eigenvalue weighted by molar-refractivity contribution is -0.210. The van der Waals surface area contributed by atoms with Gasteiger partial charge in [-0.25, -0.2) is 0 Å². The summed E-state index contributed by atoms with van der Waals surface area (Å²) >= 11 is 12.4. The first-order chi connectivity index (χ1) is 20.8. The number of hydrogen-bond acceptors (Lipinski definition) is 4. The van der Waals surface area contributed by atoms with E-state index in [-0.39, 0.29) is 62.7 Å². The minimum Gasteiger partial charge on any atom is -0.462 e. The number of amides is 1. The van der Waals surface area contributed by atoms with Crippen molar-refractivity contribution in [2.75, 3.05) is 5.32 Å². The van der Waals surface area contributed by atoms with Crippen molar-refractivity contribution < 1.29 is 19.1 Å². The van der Waals surface area contributed by atoms with Gasteiger partial charge in [-0.2, -0.15) is 0 Å². The third kappa shape index (κ3) is 4.79. The number of nitrogens with one attached hydrogen (secondary N) is 1. The molecule has 5 nitrogen and oxygen atoms in total. The highest BCUT2D eigenvalue weighted by Gasteiger charge is 2.70. The number of allylic oxidation sites excluding steroid dienone is 2. The number of ketones is 1. The normalized spacial score (nSPS) is 43.5.